The van der Waals surface area contributed by atoms with E-state index in [0.717, 1.165) is 30.5 Å². The van der Waals surface area contributed by atoms with E-state index in [-0.39, 0.29) is 18.1 Å². The Morgan fingerprint density at radius 1 is 1.24 bits per heavy atom. The molecule has 0 spiro atoms. The number of nitrogens with zero attached hydrogens (tertiary/aromatic N) is 4. The summed E-state index contributed by atoms with van der Waals surface area (Å²) in [6.45, 7) is 0. The molecule has 2 unspecified atom stereocenters. The second-order valence-electron chi connectivity index (χ2n) is 7.71. The summed E-state index contributed by atoms with van der Waals surface area (Å²) in [5.41, 5.74) is 2.57. The molecule has 2 aromatic rings. The van der Waals surface area contributed by atoms with E-state index in [1.165, 1.54) is 12.8 Å². The van der Waals surface area contributed by atoms with Crippen molar-refractivity contribution in [2.75, 3.05) is 0 Å². The minimum absolute atomic E-state index is 0.00177. The van der Waals surface area contributed by atoms with Gasteiger partial charge in [-0.3, -0.25) is 9.78 Å². The molecule has 3 aliphatic carbocycles. The van der Waals surface area contributed by atoms with Gasteiger partial charge in [-0.15, -0.1) is 0 Å². The summed E-state index contributed by atoms with van der Waals surface area (Å²) in [7, 11) is 0. The van der Waals surface area contributed by atoms with E-state index in [4.69, 9.17) is 4.74 Å². The molecule has 2 aromatic heterocycles. The number of rotatable bonds is 3. The Hall–Kier alpha value is -2.28. The molecule has 1 N–H and O–H groups in total. The van der Waals surface area contributed by atoms with Gasteiger partial charge in [0, 0.05) is 30.4 Å². The molecule has 2 atom stereocenters. The molecule has 7 heteroatoms. The number of ether oxygens (including phenoxy) is 1. The monoisotopic (exact) mass is 337 g/mol. The van der Waals surface area contributed by atoms with Gasteiger partial charge in [0.25, 0.3) is 5.91 Å². The first-order valence-corrected chi connectivity index (χ1v) is 9.12. The third kappa shape index (κ3) is 1.90. The quantitative estimate of drug-likeness (QED) is 0.919. The topological polar surface area (TPSA) is 81.9 Å². The number of fused-ring (bicyclic) bond motifs is 4. The number of aromatic nitrogens is 4. The van der Waals surface area contributed by atoms with Crippen LogP contribution in [0, 0.1) is 11.8 Å². The van der Waals surface area contributed by atoms with Crippen LogP contribution in [0.4, 0.5) is 0 Å². The zero-order valence-corrected chi connectivity index (χ0v) is 13.8. The number of hydrogen-bond acceptors (Lipinski definition) is 5. The Morgan fingerprint density at radius 3 is 2.84 bits per heavy atom. The first kappa shape index (κ1) is 13.9. The van der Waals surface area contributed by atoms with E-state index in [0.29, 0.717) is 29.4 Å². The summed E-state index contributed by atoms with van der Waals surface area (Å²) in [6.07, 6.45) is 10.5. The lowest BCUT2D eigenvalue weighted by Gasteiger charge is -2.58. The number of hydrogen-bond donors (Lipinski definition) is 1. The first-order chi connectivity index (χ1) is 12.3. The van der Waals surface area contributed by atoms with Crippen molar-refractivity contribution in [1.29, 1.82) is 0 Å². The predicted octanol–water partition coefficient (Wildman–Crippen LogP) is 1.58. The average Bonchev–Trinajstić information content (AvgIpc) is 3.14. The van der Waals surface area contributed by atoms with E-state index in [9.17, 15) is 4.79 Å². The van der Waals surface area contributed by atoms with E-state index >= 15 is 0 Å². The van der Waals surface area contributed by atoms with Gasteiger partial charge in [-0.25, -0.2) is 9.67 Å². The molecular weight excluding hydrogens is 318 g/mol. The van der Waals surface area contributed by atoms with E-state index < -0.39 is 0 Å². The summed E-state index contributed by atoms with van der Waals surface area (Å²) in [5, 5.41) is 7.86. The maximum Gasteiger partial charge on any atom is 0.272 e. The molecule has 1 saturated heterocycles. The van der Waals surface area contributed by atoms with Crippen LogP contribution in [0.3, 0.4) is 0 Å². The van der Waals surface area contributed by atoms with Crippen LogP contribution >= 0.6 is 0 Å². The Labute approximate surface area is 144 Å². The van der Waals surface area contributed by atoms with Gasteiger partial charge >= 0.3 is 0 Å². The molecule has 7 rings (SSSR count). The highest BCUT2D eigenvalue weighted by Crippen LogP contribution is 2.53. The van der Waals surface area contributed by atoms with Crippen LogP contribution in [0.5, 0.6) is 0 Å². The highest BCUT2D eigenvalue weighted by atomic mass is 16.5. The van der Waals surface area contributed by atoms with Gasteiger partial charge in [0.1, 0.15) is 6.10 Å². The van der Waals surface area contributed by atoms with Gasteiger partial charge in [-0.05, 0) is 37.5 Å². The lowest BCUT2D eigenvalue weighted by Crippen LogP contribution is -2.63. The third-order valence-electron chi connectivity index (χ3n) is 6.37. The summed E-state index contributed by atoms with van der Waals surface area (Å²) < 4.78 is 7.84. The molecule has 128 valence electrons. The largest absolute Gasteiger partial charge is 0.368 e. The van der Waals surface area contributed by atoms with E-state index in [1.807, 2.05) is 0 Å². The van der Waals surface area contributed by atoms with E-state index in [2.05, 4.69) is 20.4 Å². The molecule has 0 radical (unpaired) electrons. The lowest BCUT2D eigenvalue weighted by atomic mass is 9.52. The molecule has 4 fully saturated rings. The van der Waals surface area contributed by atoms with Gasteiger partial charge in [0.05, 0.1) is 18.0 Å². The third-order valence-corrected chi connectivity index (χ3v) is 6.37. The van der Waals surface area contributed by atoms with Crippen LogP contribution in [0.1, 0.15) is 53.5 Å². The van der Waals surface area contributed by atoms with Crippen molar-refractivity contribution < 1.29 is 9.53 Å². The van der Waals surface area contributed by atoms with Gasteiger partial charge in [0.2, 0.25) is 0 Å². The predicted molar refractivity (Wildman–Crippen MR) is 87.2 cm³/mol. The summed E-state index contributed by atoms with van der Waals surface area (Å²) >= 11 is 0. The molecule has 4 bridgehead atoms. The second kappa shape index (κ2) is 4.88. The highest BCUT2D eigenvalue weighted by Gasteiger charge is 2.53. The van der Waals surface area contributed by atoms with Crippen molar-refractivity contribution in [3.63, 3.8) is 0 Å². The molecule has 7 nitrogen and oxygen atoms in total. The number of nitrogens with one attached hydrogen (secondary N) is 1. The molecule has 1 amide bonds. The van der Waals surface area contributed by atoms with Crippen LogP contribution in [0.15, 0.2) is 18.6 Å². The normalized spacial score (nSPS) is 34.0. The fraction of sp³-hybridized carbons (Fsp3) is 0.556. The smallest absolute Gasteiger partial charge is 0.272 e. The van der Waals surface area contributed by atoms with Crippen molar-refractivity contribution in [3.05, 3.63) is 35.5 Å². The maximum absolute atomic E-state index is 12.9. The molecule has 25 heavy (non-hydrogen) atoms. The molecule has 3 saturated carbocycles. The maximum atomic E-state index is 12.9. The number of amides is 1. The minimum Gasteiger partial charge on any atom is -0.368 e. The van der Waals surface area contributed by atoms with Crippen molar-refractivity contribution in [3.8, 4) is 5.82 Å². The van der Waals surface area contributed by atoms with Gasteiger partial charge in [-0.2, -0.15) is 5.10 Å². The lowest BCUT2D eigenvalue weighted by molar-refractivity contribution is -0.0368. The fourth-order valence-electron chi connectivity index (χ4n) is 4.78. The van der Waals surface area contributed by atoms with Gasteiger partial charge < -0.3 is 10.1 Å². The zero-order chi connectivity index (χ0) is 16.5. The molecule has 5 aliphatic rings. The van der Waals surface area contributed by atoms with Crippen molar-refractivity contribution in [2.24, 2.45) is 11.8 Å². The summed E-state index contributed by atoms with van der Waals surface area (Å²) in [6, 6.07) is 0.362. The number of carbonyl (C=O) groups is 1. The van der Waals surface area contributed by atoms with Gasteiger partial charge in [0.15, 0.2) is 11.5 Å². The van der Waals surface area contributed by atoms with Crippen LogP contribution in [-0.2, 0) is 11.2 Å². The van der Waals surface area contributed by atoms with Crippen molar-refractivity contribution in [1.82, 2.24) is 25.1 Å². The van der Waals surface area contributed by atoms with Crippen LogP contribution < -0.4 is 5.32 Å². The van der Waals surface area contributed by atoms with Crippen molar-refractivity contribution in [2.45, 2.75) is 50.4 Å². The highest BCUT2D eigenvalue weighted by molar-refractivity contribution is 5.94. The standard InChI is InChI=1S/C18H19N5O2/c24-18(21-15-9-5-10(15)6-9)16-12-7-11-1-2-13(25-11)17(12)23(22-16)14-8-19-3-4-20-14/h3-4,8-11,13,15H,1-2,5-7H2,(H,21,24). The fourth-order valence-corrected chi connectivity index (χ4v) is 4.78. The molecule has 4 heterocycles. The zero-order valence-electron chi connectivity index (χ0n) is 13.8. The molecular formula is C18H19N5O2. The van der Waals surface area contributed by atoms with Crippen molar-refractivity contribution >= 4 is 5.91 Å². The second-order valence-corrected chi connectivity index (χ2v) is 7.71. The van der Waals surface area contributed by atoms with Crippen LogP contribution in [-0.4, -0.2) is 37.8 Å². The average molecular weight is 337 g/mol. The molecule has 2 aliphatic heterocycles. The van der Waals surface area contributed by atoms with Crippen LogP contribution in [0.2, 0.25) is 0 Å². The minimum atomic E-state index is -0.0420. The number of carbonyl (C=O) groups excluding carboxylic acids is 1. The SMILES string of the molecule is O=C(NC1C2CC1C2)c1nn(-c2cnccn2)c2c1CC1CCC2O1. The van der Waals surface area contributed by atoms with Crippen LogP contribution in [0.25, 0.3) is 5.82 Å². The Bertz CT molecular complexity index is 850. The Balaban J connectivity index is 1.42. The first-order valence-electron chi connectivity index (χ1n) is 9.12. The Kier molecular flexibility index (Phi) is 2.72. The van der Waals surface area contributed by atoms with Gasteiger partial charge in [-0.1, -0.05) is 0 Å². The Morgan fingerprint density at radius 2 is 2.12 bits per heavy atom. The molecule has 0 aromatic carbocycles. The van der Waals surface area contributed by atoms with E-state index in [1.54, 1.807) is 23.3 Å². The summed E-state index contributed by atoms with van der Waals surface area (Å²) in [4.78, 5) is 21.4. The summed E-state index contributed by atoms with van der Waals surface area (Å²) in [5.74, 6) is 1.97.